The van der Waals surface area contributed by atoms with Crippen molar-refractivity contribution in [3.05, 3.63) is 22.4 Å². The van der Waals surface area contributed by atoms with Crippen LogP contribution in [0.4, 0.5) is 0 Å². The number of thiophene rings is 1. The Kier molecular flexibility index (Phi) is 4.76. The van der Waals surface area contributed by atoms with Crippen LogP contribution in [0.2, 0.25) is 0 Å². The van der Waals surface area contributed by atoms with Gasteiger partial charge in [-0.05, 0) is 43.0 Å². The summed E-state index contributed by atoms with van der Waals surface area (Å²) < 4.78 is 11.5. The molecule has 1 atom stereocenters. The van der Waals surface area contributed by atoms with Crippen molar-refractivity contribution in [2.75, 3.05) is 33.4 Å². The summed E-state index contributed by atoms with van der Waals surface area (Å²) in [6, 6.07) is 4.38. The van der Waals surface area contributed by atoms with Crippen molar-refractivity contribution in [2.45, 2.75) is 37.8 Å². The Morgan fingerprint density at radius 1 is 1.45 bits per heavy atom. The molecule has 2 saturated heterocycles. The topological polar surface area (TPSA) is 21.7 Å². The highest BCUT2D eigenvalue weighted by Crippen LogP contribution is 2.42. The Bertz CT molecular complexity index is 399. The van der Waals surface area contributed by atoms with Gasteiger partial charge in [0.1, 0.15) is 0 Å². The standard InChI is InChI=1S/C16H25NO2S/c1-18-10-4-14-5-11-19-16(14)6-8-17(9-7-16)13-15-3-2-12-20-15/h2-3,12,14H,4-11,13H2,1H3/t14-/m0/s1. The third-order valence-electron chi connectivity index (χ3n) is 4.93. The van der Waals surface area contributed by atoms with Crippen LogP contribution in [0, 0.1) is 5.92 Å². The van der Waals surface area contributed by atoms with Gasteiger partial charge in [-0.15, -0.1) is 11.3 Å². The third kappa shape index (κ3) is 3.08. The van der Waals surface area contributed by atoms with Gasteiger partial charge >= 0.3 is 0 Å². The number of rotatable bonds is 5. The van der Waals surface area contributed by atoms with Crippen LogP contribution in [0.1, 0.15) is 30.6 Å². The van der Waals surface area contributed by atoms with E-state index in [0.717, 1.165) is 26.2 Å². The Morgan fingerprint density at radius 3 is 3.00 bits per heavy atom. The third-order valence-corrected chi connectivity index (χ3v) is 5.79. The van der Waals surface area contributed by atoms with Crippen molar-refractivity contribution < 1.29 is 9.47 Å². The first-order valence-electron chi connectivity index (χ1n) is 7.70. The molecule has 20 heavy (non-hydrogen) atoms. The summed E-state index contributed by atoms with van der Waals surface area (Å²) in [6.07, 6.45) is 4.75. The minimum absolute atomic E-state index is 0.157. The largest absolute Gasteiger partial charge is 0.385 e. The van der Waals surface area contributed by atoms with Crippen LogP contribution in [0.5, 0.6) is 0 Å². The maximum Gasteiger partial charge on any atom is 0.0736 e. The highest BCUT2D eigenvalue weighted by atomic mass is 32.1. The molecule has 0 amide bonds. The predicted octanol–water partition coefficient (Wildman–Crippen LogP) is 3.16. The summed E-state index contributed by atoms with van der Waals surface area (Å²) in [5, 5.41) is 2.17. The second-order valence-corrected chi connectivity index (χ2v) is 7.07. The molecule has 0 aromatic carbocycles. The molecule has 1 aromatic rings. The van der Waals surface area contributed by atoms with E-state index in [1.165, 1.54) is 37.2 Å². The van der Waals surface area contributed by atoms with Crippen molar-refractivity contribution in [1.29, 1.82) is 0 Å². The SMILES string of the molecule is COCC[C@H]1CCOC12CCN(Cc1cccs1)CC2. The average Bonchev–Trinajstić information content (AvgIpc) is 3.10. The molecule has 2 aliphatic heterocycles. The van der Waals surface area contributed by atoms with E-state index in [0.29, 0.717) is 5.92 Å². The fourth-order valence-corrected chi connectivity index (χ4v) is 4.46. The van der Waals surface area contributed by atoms with Crippen LogP contribution in [-0.2, 0) is 16.0 Å². The van der Waals surface area contributed by atoms with Gasteiger partial charge in [-0.1, -0.05) is 6.07 Å². The average molecular weight is 295 g/mol. The second-order valence-electron chi connectivity index (χ2n) is 6.04. The van der Waals surface area contributed by atoms with E-state index in [4.69, 9.17) is 9.47 Å². The van der Waals surface area contributed by atoms with E-state index in [1.54, 1.807) is 7.11 Å². The maximum absolute atomic E-state index is 6.20. The van der Waals surface area contributed by atoms with Crippen molar-refractivity contribution in [3.63, 3.8) is 0 Å². The van der Waals surface area contributed by atoms with Crippen molar-refractivity contribution >= 4 is 11.3 Å². The fourth-order valence-electron chi connectivity index (χ4n) is 3.72. The Balaban J connectivity index is 1.54. The Hall–Kier alpha value is -0.420. The lowest BCUT2D eigenvalue weighted by molar-refractivity contribution is -0.0719. The molecule has 2 fully saturated rings. The fraction of sp³-hybridized carbons (Fsp3) is 0.750. The zero-order valence-corrected chi connectivity index (χ0v) is 13.2. The molecule has 1 spiro atoms. The predicted molar refractivity (Wildman–Crippen MR) is 82.1 cm³/mol. The van der Waals surface area contributed by atoms with E-state index in [9.17, 15) is 0 Å². The summed E-state index contributed by atoms with van der Waals surface area (Å²) in [4.78, 5) is 4.05. The number of nitrogens with zero attached hydrogens (tertiary/aromatic N) is 1. The van der Waals surface area contributed by atoms with E-state index in [1.807, 2.05) is 11.3 Å². The van der Waals surface area contributed by atoms with Gasteiger partial charge in [-0.25, -0.2) is 0 Å². The Labute approximate surface area is 125 Å². The quantitative estimate of drug-likeness (QED) is 0.833. The smallest absolute Gasteiger partial charge is 0.0736 e. The number of likely N-dealkylation sites (tertiary alicyclic amines) is 1. The number of methoxy groups -OCH3 is 1. The first-order chi connectivity index (χ1) is 9.82. The lowest BCUT2D eigenvalue weighted by Gasteiger charge is -2.42. The molecule has 2 aliphatic rings. The van der Waals surface area contributed by atoms with Gasteiger partial charge in [0.15, 0.2) is 0 Å². The van der Waals surface area contributed by atoms with Gasteiger partial charge in [0, 0.05) is 44.8 Å². The second kappa shape index (κ2) is 6.56. The number of ether oxygens (including phenoxy) is 2. The zero-order chi connectivity index (χ0) is 13.8. The molecular formula is C16H25NO2S. The molecule has 112 valence electrons. The van der Waals surface area contributed by atoms with Crippen molar-refractivity contribution in [3.8, 4) is 0 Å². The van der Waals surface area contributed by atoms with Gasteiger partial charge in [-0.2, -0.15) is 0 Å². The minimum atomic E-state index is 0.157. The molecule has 0 unspecified atom stereocenters. The normalized spacial score (nSPS) is 26.4. The maximum atomic E-state index is 6.20. The molecule has 0 bridgehead atoms. The lowest BCUT2D eigenvalue weighted by atomic mass is 9.78. The summed E-state index contributed by atoms with van der Waals surface area (Å²) in [5.41, 5.74) is 0.157. The van der Waals surface area contributed by atoms with E-state index in [2.05, 4.69) is 22.4 Å². The molecular weight excluding hydrogens is 270 g/mol. The van der Waals surface area contributed by atoms with E-state index in [-0.39, 0.29) is 5.60 Å². The van der Waals surface area contributed by atoms with Crippen LogP contribution in [0.25, 0.3) is 0 Å². The molecule has 4 heteroatoms. The molecule has 3 nitrogen and oxygen atoms in total. The lowest BCUT2D eigenvalue weighted by Crippen LogP contribution is -2.47. The van der Waals surface area contributed by atoms with Crippen LogP contribution >= 0.6 is 11.3 Å². The van der Waals surface area contributed by atoms with Gasteiger partial charge in [0.05, 0.1) is 5.60 Å². The van der Waals surface area contributed by atoms with Crippen molar-refractivity contribution in [2.24, 2.45) is 5.92 Å². The van der Waals surface area contributed by atoms with Crippen LogP contribution in [0.3, 0.4) is 0 Å². The van der Waals surface area contributed by atoms with Crippen LogP contribution in [-0.4, -0.2) is 43.9 Å². The highest BCUT2D eigenvalue weighted by Gasteiger charge is 2.45. The van der Waals surface area contributed by atoms with Gasteiger partial charge in [0.2, 0.25) is 0 Å². The van der Waals surface area contributed by atoms with E-state index < -0.39 is 0 Å². The van der Waals surface area contributed by atoms with E-state index >= 15 is 0 Å². The first-order valence-corrected chi connectivity index (χ1v) is 8.58. The molecule has 0 N–H and O–H groups in total. The number of piperidine rings is 1. The molecule has 3 heterocycles. The number of hydrogen-bond acceptors (Lipinski definition) is 4. The summed E-state index contributed by atoms with van der Waals surface area (Å²) in [5.74, 6) is 0.700. The van der Waals surface area contributed by atoms with Crippen molar-refractivity contribution in [1.82, 2.24) is 4.90 Å². The molecule has 0 radical (unpaired) electrons. The molecule has 0 saturated carbocycles. The van der Waals surface area contributed by atoms with Gasteiger partial charge in [0.25, 0.3) is 0 Å². The summed E-state index contributed by atoms with van der Waals surface area (Å²) >= 11 is 1.86. The van der Waals surface area contributed by atoms with Crippen LogP contribution < -0.4 is 0 Å². The van der Waals surface area contributed by atoms with Gasteiger partial charge < -0.3 is 9.47 Å². The van der Waals surface area contributed by atoms with Gasteiger partial charge in [-0.3, -0.25) is 4.90 Å². The summed E-state index contributed by atoms with van der Waals surface area (Å²) in [6.45, 7) is 5.26. The Morgan fingerprint density at radius 2 is 2.30 bits per heavy atom. The summed E-state index contributed by atoms with van der Waals surface area (Å²) in [7, 11) is 1.80. The first kappa shape index (κ1) is 14.5. The minimum Gasteiger partial charge on any atom is -0.385 e. The van der Waals surface area contributed by atoms with Crippen LogP contribution in [0.15, 0.2) is 17.5 Å². The molecule has 1 aromatic heterocycles. The molecule has 3 rings (SSSR count). The zero-order valence-electron chi connectivity index (χ0n) is 12.3. The highest BCUT2D eigenvalue weighted by molar-refractivity contribution is 7.09. The monoisotopic (exact) mass is 295 g/mol. The number of hydrogen-bond donors (Lipinski definition) is 0. The molecule has 0 aliphatic carbocycles.